The van der Waals surface area contributed by atoms with Gasteiger partial charge in [0.1, 0.15) is 5.82 Å². The molecular weight excluding hydrogens is 359 g/mol. The fraction of sp³-hybridized carbons (Fsp3) is 0.333. The number of anilines is 2. The van der Waals surface area contributed by atoms with Crippen molar-refractivity contribution in [3.63, 3.8) is 0 Å². The topological polar surface area (TPSA) is 82.3 Å². The lowest BCUT2D eigenvalue weighted by molar-refractivity contribution is -0.115. The first-order valence-corrected chi connectivity index (χ1v) is 9.51. The maximum Gasteiger partial charge on any atom is 0.319 e. The number of fused-ring (bicyclic) bond motifs is 1. The van der Waals surface area contributed by atoms with Gasteiger partial charge in [0.05, 0.1) is 12.1 Å². The van der Waals surface area contributed by atoms with Crippen LogP contribution in [0.2, 0.25) is 0 Å². The van der Waals surface area contributed by atoms with Gasteiger partial charge in [-0.2, -0.15) is 0 Å². The highest BCUT2D eigenvalue weighted by Gasteiger charge is 2.17. The summed E-state index contributed by atoms with van der Waals surface area (Å²) in [5.41, 5.74) is 3.25. The average molecular weight is 384 g/mol. The van der Waals surface area contributed by atoms with Crippen molar-refractivity contribution in [2.75, 3.05) is 23.7 Å². The molecule has 6 nitrogen and oxygen atoms in total. The minimum Gasteiger partial charge on any atom is -0.338 e. The molecule has 0 atom stereocenters. The molecule has 2 aromatic rings. The molecule has 28 heavy (non-hydrogen) atoms. The number of rotatable bonds is 6. The van der Waals surface area contributed by atoms with Crippen LogP contribution >= 0.6 is 0 Å². The molecule has 0 spiro atoms. The quantitative estimate of drug-likeness (QED) is 0.617. The molecule has 1 aliphatic rings. The second-order valence-corrected chi connectivity index (χ2v) is 6.79. The molecule has 1 heterocycles. The molecule has 7 heteroatoms. The van der Waals surface area contributed by atoms with Crippen molar-refractivity contribution in [3.05, 3.63) is 58.9 Å². The predicted octanol–water partition coefficient (Wildman–Crippen LogP) is 3.18. The van der Waals surface area contributed by atoms with Crippen molar-refractivity contribution in [3.8, 4) is 0 Å². The standard InChI is InChI=1S/C21H25FN4O2/c1-2-10-24-21(28)25-16-6-3-14(4-7-16)12-19(27)26-18-8-5-15-13-23-11-9-17(15)20(18)22/h3-8,23H,2,9-13H2,1H3,(H,26,27)(H2,24,25,28). The van der Waals surface area contributed by atoms with Crippen LogP contribution in [0.3, 0.4) is 0 Å². The van der Waals surface area contributed by atoms with Gasteiger partial charge in [-0.1, -0.05) is 25.1 Å². The van der Waals surface area contributed by atoms with Crippen LogP contribution in [-0.4, -0.2) is 25.0 Å². The third-order valence-electron chi connectivity index (χ3n) is 4.59. The SMILES string of the molecule is CCCNC(=O)Nc1ccc(CC(=O)Nc2ccc3c(c2F)CCNC3)cc1. The van der Waals surface area contributed by atoms with Gasteiger partial charge in [0.15, 0.2) is 0 Å². The van der Waals surface area contributed by atoms with E-state index in [-0.39, 0.29) is 29.9 Å². The highest BCUT2D eigenvalue weighted by atomic mass is 19.1. The Morgan fingerprint density at radius 3 is 2.64 bits per heavy atom. The zero-order valence-corrected chi connectivity index (χ0v) is 15.9. The van der Waals surface area contributed by atoms with Gasteiger partial charge in [-0.15, -0.1) is 0 Å². The monoisotopic (exact) mass is 384 g/mol. The largest absolute Gasteiger partial charge is 0.338 e. The van der Waals surface area contributed by atoms with Crippen LogP contribution in [0, 0.1) is 5.82 Å². The molecule has 3 rings (SSSR count). The van der Waals surface area contributed by atoms with E-state index >= 15 is 0 Å². The first-order chi connectivity index (χ1) is 13.6. The van der Waals surface area contributed by atoms with Crippen molar-refractivity contribution in [1.29, 1.82) is 0 Å². The van der Waals surface area contributed by atoms with Crippen molar-refractivity contribution < 1.29 is 14.0 Å². The molecule has 2 aromatic carbocycles. The Bertz CT molecular complexity index is 852. The Kier molecular flexibility index (Phi) is 6.60. The lowest BCUT2D eigenvalue weighted by Gasteiger charge is -2.19. The van der Waals surface area contributed by atoms with Gasteiger partial charge in [-0.3, -0.25) is 4.79 Å². The Morgan fingerprint density at radius 1 is 1.11 bits per heavy atom. The molecule has 0 aliphatic carbocycles. The molecule has 0 saturated heterocycles. The van der Waals surface area contributed by atoms with Crippen molar-refractivity contribution in [2.24, 2.45) is 0 Å². The maximum atomic E-state index is 14.6. The number of hydrogen-bond acceptors (Lipinski definition) is 3. The van der Waals surface area contributed by atoms with E-state index < -0.39 is 0 Å². The highest BCUT2D eigenvalue weighted by Crippen LogP contribution is 2.24. The lowest BCUT2D eigenvalue weighted by atomic mass is 9.99. The fourth-order valence-electron chi connectivity index (χ4n) is 3.13. The van der Waals surface area contributed by atoms with Crippen LogP contribution in [0.1, 0.15) is 30.0 Å². The Hall–Kier alpha value is -2.93. The summed E-state index contributed by atoms with van der Waals surface area (Å²) in [5, 5.41) is 11.3. The minimum absolute atomic E-state index is 0.125. The van der Waals surface area contributed by atoms with Crippen molar-refractivity contribution in [1.82, 2.24) is 10.6 Å². The summed E-state index contributed by atoms with van der Waals surface area (Å²) in [6.45, 7) is 3.97. The van der Waals surface area contributed by atoms with Crippen LogP contribution in [-0.2, 0) is 24.2 Å². The van der Waals surface area contributed by atoms with E-state index in [9.17, 15) is 14.0 Å². The molecule has 0 bridgehead atoms. The third kappa shape index (κ3) is 5.07. The number of nitrogens with one attached hydrogen (secondary N) is 4. The minimum atomic E-state index is -0.343. The number of benzene rings is 2. The Morgan fingerprint density at radius 2 is 1.89 bits per heavy atom. The van der Waals surface area contributed by atoms with Crippen LogP contribution in [0.15, 0.2) is 36.4 Å². The summed E-state index contributed by atoms with van der Waals surface area (Å²) in [5.74, 6) is -0.626. The van der Waals surface area contributed by atoms with Gasteiger partial charge >= 0.3 is 6.03 Å². The van der Waals surface area contributed by atoms with Gasteiger partial charge in [0.25, 0.3) is 0 Å². The summed E-state index contributed by atoms with van der Waals surface area (Å²) >= 11 is 0. The third-order valence-corrected chi connectivity index (χ3v) is 4.59. The number of hydrogen-bond donors (Lipinski definition) is 4. The van der Waals surface area contributed by atoms with E-state index in [1.807, 2.05) is 13.0 Å². The number of carbonyl (C=O) groups excluding carboxylic acids is 2. The molecule has 0 aromatic heterocycles. The van der Waals surface area contributed by atoms with Gasteiger partial charge in [0.2, 0.25) is 5.91 Å². The van der Waals surface area contributed by atoms with Gasteiger partial charge in [0, 0.05) is 18.8 Å². The van der Waals surface area contributed by atoms with E-state index in [0.29, 0.717) is 30.8 Å². The fourth-order valence-corrected chi connectivity index (χ4v) is 3.13. The smallest absolute Gasteiger partial charge is 0.319 e. The summed E-state index contributed by atoms with van der Waals surface area (Å²) in [7, 11) is 0. The van der Waals surface area contributed by atoms with Gasteiger partial charge in [-0.05, 0) is 54.3 Å². The van der Waals surface area contributed by atoms with E-state index in [0.717, 1.165) is 24.1 Å². The second kappa shape index (κ2) is 9.32. The lowest BCUT2D eigenvalue weighted by Crippen LogP contribution is -2.29. The molecule has 0 fully saturated rings. The molecular formula is C21H25FN4O2. The van der Waals surface area contributed by atoms with Gasteiger partial charge < -0.3 is 21.3 Å². The van der Waals surface area contributed by atoms with Crippen LogP contribution in [0.5, 0.6) is 0 Å². The molecule has 1 aliphatic heterocycles. The number of urea groups is 1. The van der Waals surface area contributed by atoms with E-state index in [1.54, 1.807) is 30.3 Å². The van der Waals surface area contributed by atoms with E-state index in [2.05, 4.69) is 21.3 Å². The second-order valence-electron chi connectivity index (χ2n) is 6.79. The summed E-state index contributed by atoms with van der Waals surface area (Å²) in [4.78, 5) is 24.0. The molecule has 4 N–H and O–H groups in total. The molecule has 148 valence electrons. The summed E-state index contributed by atoms with van der Waals surface area (Å²) < 4.78 is 14.6. The average Bonchev–Trinajstić information content (AvgIpc) is 2.70. The van der Waals surface area contributed by atoms with Crippen LogP contribution in [0.4, 0.5) is 20.6 Å². The first kappa shape index (κ1) is 19.8. The Balaban J connectivity index is 1.57. The summed E-state index contributed by atoms with van der Waals surface area (Å²) in [6, 6.07) is 10.2. The molecule has 3 amide bonds. The van der Waals surface area contributed by atoms with Crippen molar-refractivity contribution in [2.45, 2.75) is 32.7 Å². The Labute approximate surface area is 163 Å². The number of amides is 3. The van der Waals surface area contributed by atoms with Crippen LogP contribution in [0.25, 0.3) is 0 Å². The van der Waals surface area contributed by atoms with Crippen molar-refractivity contribution >= 4 is 23.3 Å². The van der Waals surface area contributed by atoms with Gasteiger partial charge in [-0.25, -0.2) is 9.18 Å². The van der Waals surface area contributed by atoms with Crippen LogP contribution < -0.4 is 21.3 Å². The zero-order valence-electron chi connectivity index (χ0n) is 15.9. The normalized spacial score (nSPS) is 12.8. The predicted molar refractivity (Wildman–Crippen MR) is 108 cm³/mol. The first-order valence-electron chi connectivity index (χ1n) is 9.51. The van der Waals surface area contributed by atoms with E-state index in [1.165, 1.54) is 0 Å². The summed E-state index contributed by atoms with van der Waals surface area (Å²) in [6.07, 6.45) is 1.61. The zero-order chi connectivity index (χ0) is 19.9. The highest BCUT2D eigenvalue weighted by molar-refractivity contribution is 5.93. The maximum absolute atomic E-state index is 14.6. The molecule has 0 unspecified atom stereocenters. The number of halogens is 1. The van der Waals surface area contributed by atoms with E-state index in [4.69, 9.17) is 0 Å². The molecule has 0 radical (unpaired) electrons. The number of carbonyl (C=O) groups is 2. The molecule has 0 saturated carbocycles.